The molecule has 1 fully saturated rings. The Morgan fingerprint density at radius 3 is 2.48 bits per heavy atom. The van der Waals surface area contributed by atoms with Crippen molar-refractivity contribution in [1.82, 2.24) is 4.98 Å². The number of nitrogens with two attached hydrogens (primary N) is 1. The summed E-state index contributed by atoms with van der Waals surface area (Å²) in [7, 11) is 0. The van der Waals surface area contributed by atoms with E-state index in [1.807, 2.05) is 6.07 Å². The van der Waals surface area contributed by atoms with Crippen molar-refractivity contribution < 1.29 is 18.3 Å². The van der Waals surface area contributed by atoms with Crippen LogP contribution in [0.15, 0.2) is 36.5 Å². The fourth-order valence-electron chi connectivity index (χ4n) is 2.48. The molecule has 1 aliphatic rings. The van der Waals surface area contributed by atoms with Crippen LogP contribution in [0.1, 0.15) is 0 Å². The monoisotopic (exact) mass is 321 g/mol. The second-order valence-electron chi connectivity index (χ2n) is 5.13. The van der Waals surface area contributed by atoms with Crippen molar-refractivity contribution in [3.05, 3.63) is 36.5 Å². The van der Waals surface area contributed by atoms with Crippen molar-refractivity contribution in [2.45, 2.75) is 6.61 Å². The van der Waals surface area contributed by atoms with E-state index in [2.05, 4.69) is 14.6 Å². The molecule has 0 radical (unpaired) electrons. The van der Waals surface area contributed by atoms with Gasteiger partial charge in [-0.3, -0.25) is 0 Å². The van der Waals surface area contributed by atoms with Gasteiger partial charge in [0.25, 0.3) is 0 Å². The van der Waals surface area contributed by atoms with Crippen molar-refractivity contribution in [3.63, 3.8) is 0 Å². The minimum atomic E-state index is -2.83. The molecule has 122 valence electrons. The van der Waals surface area contributed by atoms with E-state index in [0.29, 0.717) is 18.9 Å². The average Bonchev–Trinajstić information content (AvgIpc) is 2.56. The molecule has 0 unspecified atom stereocenters. The van der Waals surface area contributed by atoms with Gasteiger partial charge in [-0.1, -0.05) is 12.1 Å². The molecule has 7 heteroatoms. The molecule has 5 nitrogen and oxygen atoms in total. The Morgan fingerprint density at radius 2 is 1.87 bits per heavy atom. The van der Waals surface area contributed by atoms with Crippen molar-refractivity contribution in [1.29, 1.82) is 0 Å². The first-order valence-electron chi connectivity index (χ1n) is 7.27. The number of halogens is 2. The molecule has 1 aliphatic heterocycles. The van der Waals surface area contributed by atoms with Gasteiger partial charge in [-0.2, -0.15) is 8.78 Å². The number of anilines is 2. The third-order valence-electron chi connectivity index (χ3n) is 3.65. The summed E-state index contributed by atoms with van der Waals surface area (Å²) in [4.78, 5) is 6.56. The summed E-state index contributed by atoms with van der Waals surface area (Å²) in [6, 6.07) is 8.15. The predicted molar refractivity (Wildman–Crippen MR) is 83.7 cm³/mol. The van der Waals surface area contributed by atoms with Crippen molar-refractivity contribution in [3.8, 4) is 16.9 Å². The number of hydrogen-bond acceptors (Lipinski definition) is 5. The van der Waals surface area contributed by atoms with Gasteiger partial charge < -0.3 is 20.1 Å². The van der Waals surface area contributed by atoms with E-state index in [1.54, 1.807) is 18.3 Å². The summed E-state index contributed by atoms with van der Waals surface area (Å²) < 4.78 is 34.0. The lowest BCUT2D eigenvalue weighted by molar-refractivity contribution is -0.0498. The lowest BCUT2D eigenvalue weighted by atomic mass is 10.1. The molecular formula is C16H17F2N3O2. The Hall–Kier alpha value is -2.41. The topological polar surface area (TPSA) is 60.6 Å². The molecule has 2 aromatic rings. The van der Waals surface area contributed by atoms with Crippen molar-refractivity contribution >= 4 is 11.5 Å². The number of hydrogen-bond donors (Lipinski definition) is 1. The molecule has 23 heavy (non-hydrogen) atoms. The third-order valence-corrected chi connectivity index (χ3v) is 3.65. The standard InChI is InChI=1S/C16H17F2N3O2/c17-16(18)23-12-3-1-11(2-4-12)13-10-20-15(9-14(13)19)21-5-7-22-8-6-21/h1-4,9-10,16H,5-8H2,(H2,19,20). The molecule has 0 spiro atoms. The Bertz CT molecular complexity index is 659. The fraction of sp³-hybridized carbons (Fsp3) is 0.312. The third kappa shape index (κ3) is 3.68. The first-order chi connectivity index (χ1) is 11.1. The number of benzene rings is 1. The van der Waals surface area contributed by atoms with Gasteiger partial charge in [0.2, 0.25) is 0 Å². The average molecular weight is 321 g/mol. The van der Waals surface area contributed by atoms with Crippen LogP contribution in [0.3, 0.4) is 0 Å². The van der Waals surface area contributed by atoms with E-state index in [4.69, 9.17) is 10.5 Å². The lowest BCUT2D eigenvalue weighted by Gasteiger charge is -2.28. The number of morpholine rings is 1. The second-order valence-corrected chi connectivity index (χ2v) is 5.13. The highest BCUT2D eigenvalue weighted by Crippen LogP contribution is 2.29. The number of alkyl halides is 2. The van der Waals surface area contributed by atoms with Gasteiger partial charge in [0.15, 0.2) is 0 Å². The first kappa shape index (κ1) is 15.5. The van der Waals surface area contributed by atoms with E-state index >= 15 is 0 Å². The molecule has 3 rings (SSSR count). The molecule has 0 bridgehead atoms. The van der Waals surface area contributed by atoms with Crippen LogP contribution in [0, 0.1) is 0 Å². The van der Waals surface area contributed by atoms with Crippen molar-refractivity contribution in [2.75, 3.05) is 36.9 Å². The molecule has 2 N–H and O–H groups in total. The maximum Gasteiger partial charge on any atom is 0.387 e. The fourth-order valence-corrected chi connectivity index (χ4v) is 2.48. The molecule has 0 atom stereocenters. The van der Waals surface area contributed by atoms with Crippen LogP contribution in [-0.2, 0) is 4.74 Å². The summed E-state index contributed by atoms with van der Waals surface area (Å²) in [5.74, 6) is 0.924. The second kappa shape index (κ2) is 6.78. The van der Waals surface area contributed by atoms with Gasteiger partial charge in [0, 0.05) is 36.6 Å². The maximum atomic E-state index is 12.2. The van der Waals surface area contributed by atoms with E-state index in [1.165, 1.54) is 12.1 Å². The van der Waals surface area contributed by atoms with Gasteiger partial charge in [-0.25, -0.2) is 4.98 Å². The first-order valence-corrected chi connectivity index (χ1v) is 7.27. The molecule has 1 aromatic carbocycles. The van der Waals surface area contributed by atoms with Crippen LogP contribution in [-0.4, -0.2) is 37.9 Å². The van der Waals surface area contributed by atoms with Gasteiger partial charge in [-0.15, -0.1) is 0 Å². The summed E-state index contributed by atoms with van der Waals surface area (Å²) in [6.07, 6.45) is 1.70. The quantitative estimate of drug-likeness (QED) is 0.938. The molecule has 0 amide bonds. The Balaban J connectivity index is 1.80. The Labute approximate surface area is 132 Å². The number of ether oxygens (including phenoxy) is 2. The molecule has 1 aromatic heterocycles. The van der Waals surface area contributed by atoms with E-state index < -0.39 is 6.61 Å². The molecule has 1 saturated heterocycles. The minimum absolute atomic E-state index is 0.111. The zero-order valence-corrected chi connectivity index (χ0v) is 12.4. The summed E-state index contributed by atoms with van der Waals surface area (Å²) in [6.45, 7) is 0.0845. The van der Waals surface area contributed by atoms with Crippen LogP contribution in [0.2, 0.25) is 0 Å². The summed E-state index contributed by atoms with van der Waals surface area (Å²) >= 11 is 0. The predicted octanol–water partition coefficient (Wildman–Crippen LogP) is 2.77. The number of aromatic nitrogens is 1. The van der Waals surface area contributed by atoms with Crippen LogP contribution in [0.25, 0.3) is 11.1 Å². The SMILES string of the molecule is Nc1cc(N2CCOCC2)ncc1-c1ccc(OC(F)F)cc1. The zero-order chi connectivity index (χ0) is 16.2. The van der Waals surface area contributed by atoms with E-state index in [0.717, 1.165) is 30.0 Å². The molecular weight excluding hydrogens is 304 g/mol. The Morgan fingerprint density at radius 1 is 1.17 bits per heavy atom. The molecule has 0 aliphatic carbocycles. The van der Waals surface area contributed by atoms with Gasteiger partial charge in [-0.05, 0) is 17.7 Å². The largest absolute Gasteiger partial charge is 0.435 e. The zero-order valence-electron chi connectivity index (χ0n) is 12.4. The number of rotatable bonds is 4. The highest BCUT2D eigenvalue weighted by atomic mass is 19.3. The smallest absolute Gasteiger partial charge is 0.387 e. The van der Waals surface area contributed by atoms with E-state index in [-0.39, 0.29) is 5.75 Å². The van der Waals surface area contributed by atoms with Gasteiger partial charge >= 0.3 is 6.61 Å². The highest BCUT2D eigenvalue weighted by Gasteiger charge is 2.14. The summed E-state index contributed by atoms with van der Waals surface area (Å²) in [5, 5.41) is 0. The molecule has 2 heterocycles. The minimum Gasteiger partial charge on any atom is -0.435 e. The number of nitrogens with zero attached hydrogens (tertiary/aromatic N) is 2. The summed E-state index contributed by atoms with van der Waals surface area (Å²) in [5.41, 5.74) is 8.27. The van der Waals surface area contributed by atoms with E-state index in [9.17, 15) is 8.78 Å². The van der Waals surface area contributed by atoms with Crippen LogP contribution >= 0.6 is 0 Å². The van der Waals surface area contributed by atoms with Crippen LogP contribution in [0.4, 0.5) is 20.3 Å². The van der Waals surface area contributed by atoms with Gasteiger partial charge in [0.1, 0.15) is 11.6 Å². The lowest BCUT2D eigenvalue weighted by Crippen LogP contribution is -2.36. The molecule has 0 saturated carbocycles. The van der Waals surface area contributed by atoms with Gasteiger partial charge in [0.05, 0.1) is 13.2 Å². The maximum absolute atomic E-state index is 12.2. The number of nitrogen functional groups attached to an aromatic ring is 1. The highest BCUT2D eigenvalue weighted by molar-refractivity contribution is 5.77. The number of pyridine rings is 1. The normalized spacial score (nSPS) is 15.0. The Kier molecular flexibility index (Phi) is 4.57. The van der Waals surface area contributed by atoms with Crippen LogP contribution in [0.5, 0.6) is 5.75 Å². The van der Waals surface area contributed by atoms with Crippen LogP contribution < -0.4 is 15.4 Å². The van der Waals surface area contributed by atoms with Crippen molar-refractivity contribution in [2.24, 2.45) is 0 Å².